The van der Waals surface area contributed by atoms with Crippen molar-refractivity contribution in [2.75, 3.05) is 5.32 Å². The van der Waals surface area contributed by atoms with Crippen LogP contribution in [0.5, 0.6) is 0 Å². The monoisotopic (exact) mass is 447 g/mol. The number of anilines is 1. The molecule has 3 aromatic heterocycles. The predicted molar refractivity (Wildman–Crippen MR) is 120 cm³/mol. The third kappa shape index (κ3) is 3.21. The molecule has 0 saturated heterocycles. The van der Waals surface area contributed by atoms with Gasteiger partial charge in [0, 0.05) is 5.39 Å². The number of aromatic nitrogens is 4. The van der Waals surface area contributed by atoms with Gasteiger partial charge in [0.1, 0.15) is 11.6 Å². The first-order chi connectivity index (χ1) is 15.4. The van der Waals surface area contributed by atoms with Gasteiger partial charge in [-0.15, -0.1) is 5.10 Å². The summed E-state index contributed by atoms with van der Waals surface area (Å²) >= 11 is 0. The van der Waals surface area contributed by atoms with Gasteiger partial charge in [-0.2, -0.15) is 4.52 Å². The normalized spacial score (nSPS) is 12.0. The molecule has 0 aliphatic carbocycles. The zero-order chi connectivity index (χ0) is 22.5. The summed E-state index contributed by atoms with van der Waals surface area (Å²) < 4.78 is 34.2. The molecule has 5 aromatic rings. The fraction of sp³-hybridized carbons (Fsp3) is 0.174. The van der Waals surface area contributed by atoms with Crippen LogP contribution in [-0.4, -0.2) is 28.2 Å². The standard InChI is InChI=1S/C23H21N5O3S/c1-14-11-15(2)20(16(3)12-14)32(29,30)23-22-25-21(24-13-17-7-6-10-31-17)18-8-4-5-9-19(18)28(22)27-26-23/h4-12H,13H2,1-3H3,(H,24,25). The van der Waals surface area contributed by atoms with Crippen LogP contribution in [0.3, 0.4) is 0 Å². The summed E-state index contributed by atoms with van der Waals surface area (Å²) in [6.45, 7) is 5.92. The van der Waals surface area contributed by atoms with E-state index in [0.29, 0.717) is 29.0 Å². The topological polar surface area (TPSA) is 102 Å². The molecule has 0 saturated carbocycles. The Morgan fingerprint density at radius 2 is 1.78 bits per heavy atom. The Balaban J connectivity index is 1.72. The molecular formula is C23H21N5O3S. The summed E-state index contributed by atoms with van der Waals surface area (Å²) in [6.07, 6.45) is 1.60. The molecule has 2 aromatic carbocycles. The highest BCUT2D eigenvalue weighted by molar-refractivity contribution is 7.91. The van der Waals surface area contributed by atoms with E-state index in [0.717, 1.165) is 16.7 Å². The number of fused-ring (bicyclic) bond motifs is 3. The zero-order valence-electron chi connectivity index (χ0n) is 17.8. The quantitative estimate of drug-likeness (QED) is 0.430. The lowest BCUT2D eigenvalue weighted by Gasteiger charge is -2.12. The smallest absolute Gasteiger partial charge is 0.230 e. The second-order valence-corrected chi connectivity index (χ2v) is 9.57. The highest BCUT2D eigenvalue weighted by Gasteiger charge is 2.30. The number of nitrogens with one attached hydrogen (secondary N) is 1. The minimum absolute atomic E-state index is 0.167. The van der Waals surface area contributed by atoms with Crippen molar-refractivity contribution in [2.24, 2.45) is 0 Å². The first kappa shape index (κ1) is 20.2. The van der Waals surface area contributed by atoms with E-state index in [2.05, 4.69) is 20.6 Å². The van der Waals surface area contributed by atoms with Gasteiger partial charge in [-0.25, -0.2) is 13.4 Å². The van der Waals surface area contributed by atoms with Crippen molar-refractivity contribution in [1.82, 2.24) is 19.8 Å². The third-order valence-corrected chi connectivity index (χ3v) is 7.31. The maximum Gasteiger partial charge on any atom is 0.230 e. The van der Waals surface area contributed by atoms with Gasteiger partial charge in [0.05, 0.1) is 23.2 Å². The number of sulfone groups is 1. The summed E-state index contributed by atoms with van der Waals surface area (Å²) in [7, 11) is -3.95. The molecule has 0 spiro atoms. The SMILES string of the molecule is Cc1cc(C)c(S(=O)(=O)c2nnn3c2nc(NCc2ccco2)c2ccccc23)c(C)c1. The molecule has 0 fully saturated rings. The van der Waals surface area contributed by atoms with Crippen molar-refractivity contribution < 1.29 is 12.8 Å². The van der Waals surface area contributed by atoms with Crippen molar-refractivity contribution >= 4 is 32.2 Å². The van der Waals surface area contributed by atoms with E-state index in [-0.39, 0.29) is 15.6 Å². The average Bonchev–Trinajstić information content (AvgIpc) is 3.41. The Morgan fingerprint density at radius 3 is 2.50 bits per heavy atom. The Hall–Kier alpha value is -3.72. The first-order valence-electron chi connectivity index (χ1n) is 10.1. The van der Waals surface area contributed by atoms with E-state index in [1.54, 1.807) is 20.1 Å². The molecule has 0 aliphatic heterocycles. The van der Waals surface area contributed by atoms with Crippen LogP contribution in [0.2, 0.25) is 0 Å². The predicted octanol–water partition coefficient (Wildman–Crippen LogP) is 4.24. The molecule has 1 N–H and O–H groups in total. The Bertz CT molecular complexity index is 1550. The molecule has 8 nitrogen and oxygen atoms in total. The second-order valence-electron chi connectivity index (χ2n) is 7.77. The number of benzene rings is 2. The molecule has 0 aliphatic rings. The van der Waals surface area contributed by atoms with E-state index in [1.807, 2.05) is 55.5 Å². The minimum atomic E-state index is -3.95. The van der Waals surface area contributed by atoms with Crippen molar-refractivity contribution in [3.63, 3.8) is 0 Å². The van der Waals surface area contributed by atoms with E-state index >= 15 is 0 Å². The number of aryl methyl sites for hydroxylation is 3. The maximum atomic E-state index is 13.7. The van der Waals surface area contributed by atoms with Crippen LogP contribution in [0.4, 0.5) is 5.82 Å². The van der Waals surface area contributed by atoms with Gasteiger partial charge in [0.15, 0.2) is 5.65 Å². The molecule has 0 radical (unpaired) electrons. The Labute approximate surface area is 184 Å². The van der Waals surface area contributed by atoms with Crippen LogP contribution >= 0.6 is 0 Å². The van der Waals surface area contributed by atoms with Crippen LogP contribution < -0.4 is 5.32 Å². The van der Waals surface area contributed by atoms with Gasteiger partial charge in [-0.3, -0.25) is 0 Å². The van der Waals surface area contributed by atoms with Crippen LogP contribution in [0.1, 0.15) is 22.5 Å². The number of nitrogens with zero attached hydrogens (tertiary/aromatic N) is 4. The van der Waals surface area contributed by atoms with Crippen LogP contribution in [0.25, 0.3) is 16.6 Å². The van der Waals surface area contributed by atoms with Gasteiger partial charge in [0.25, 0.3) is 0 Å². The summed E-state index contributed by atoms with van der Waals surface area (Å²) in [5.41, 5.74) is 3.21. The maximum absolute atomic E-state index is 13.7. The lowest BCUT2D eigenvalue weighted by molar-refractivity contribution is 0.518. The zero-order valence-corrected chi connectivity index (χ0v) is 18.6. The van der Waals surface area contributed by atoms with Crippen molar-refractivity contribution in [3.05, 3.63) is 77.2 Å². The van der Waals surface area contributed by atoms with Crippen LogP contribution in [-0.2, 0) is 16.4 Å². The molecule has 0 amide bonds. The van der Waals surface area contributed by atoms with Crippen LogP contribution in [0.15, 0.2) is 69.1 Å². The molecule has 9 heteroatoms. The highest BCUT2D eigenvalue weighted by Crippen LogP contribution is 2.31. The average molecular weight is 448 g/mol. The Morgan fingerprint density at radius 1 is 1.03 bits per heavy atom. The molecular weight excluding hydrogens is 426 g/mol. The fourth-order valence-corrected chi connectivity index (χ4v) is 5.80. The lowest BCUT2D eigenvalue weighted by Crippen LogP contribution is -2.09. The largest absolute Gasteiger partial charge is 0.467 e. The highest BCUT2D eigenvalue weighted by atomic mass is 32.2. The lowest BCUT2D eigenvalue weighted by atomic mass is 10.1. The van der Waals surface area contributed by atoms with Crippen molar-refractivity contribution in [1.29, 1.82) is 0 Å². The van der Waals surface area contributed by atoms with Crippen molar-refractivity contribution in [3.8, 4) is 0 Å². The molecule has 3 heterocycles. The third-order valence-electron chi connectivity index (χ3n) is 5.36. The van der Waals surface area contributed by atoms with Gasteiger partial charge in [-0.05, 0) is 56.2 Å². The van der Waals surface area contributed by atoms with Crippen LogP contribution in [0, 0.1) is 20.8 Å². The molecule has 0 unspecified atom stereocenters. The second kappa shape index (κ2) is 7.45. The summed E-state index contributed by atoms with van der Waals surface area (Å²) in [5, 5.41) is 12.1. The first-order valence-corrected chi connectivity index (χ1v) is 11.6. The number of hydrogen-bond acceptors (Lipinski definition) is 7. The summed E-state index contributed by atoms with van der Waals surface area (Å²) in [4.78, 5) is 4.88. The summed E-state index contributed by atoms with van der Waals surface area (Å²) in [5.74, 6) is 1.27. The van der Waals surface area contributed by atoms with Crippen molar-refractivity contribution in [2.45, 2.75) is 37.2 Å². The molecule has 0 bridgehead atoms. The molecule has 162 valence electrons. The van der Waals surface area contributed by atoms with E-state index in [9.17, 15) is 8.42 Å². The van der Waals surface area contributed by atoms with E-state index in [4.69, 9.17) is 4.42 Å². The summed E-state index contributed by atoms with van der Waals surface area (Å²) in [6, 6.07) is 14.9. The minimum Gasteiger partial charge on any atom is -0.467 e. The number of para-hydroxylation sites is 1. The van der Waals surface area contributed by atoms with Gasteiger partial charge in [0.2, 0.25) is 14.9 Å². The van der Waals surface area contributed by atoms with E-state index < -0.39 is 9.84 Å². The Kier molecular flexibility index (Phi) is 4.70. The van der Waals surface area contributed by atoms with E-state index in [1.165, 1.54) is 4.52 Å². The number of rotatable bonds is 5. The molecule has 5 rings (SSSR count). The van der Waals surface area contributed by atoms with Gasteiger partial charge in [-0.1, -0.05) is 35.0 Å². The fourth-order valence-electron chi connectivity index (χ4n) is 4.13. The molecule has 32 heavy (non-hydrogen) atoms. The van der Waals surface area contributed by atoms with Gasteiger partial charge < -0.3 is 9.73 Å². The number of hydrogen-bond donors (Lipinski definition) is 1. The molecule has 0 atom stereocenters. The number of furan rings is 1. The van der Waals surface area contributed by atoms with Gasteiger partial charge >= 0.3 is 0 Å².